The molecule has 0 saturated heterocycles. The van der Waals surface area contributed by atoms with Crippen molar-refractivity contribution in [2.24, 2.45) is 0 Å². The second-order valence-corrected chi connectivity index (χ2v) is 12.0. The molecule has 0 aliphatic rings. The molecule has 0 aliphatic heterocycles. The zero-order chi connectivity index (χ0) is 12.1. The Morgan fingerprint density at radius 2 is 1.40 bits per heavy atom. The fourth-order valence-corrected chi connectivity index (χ4v) is 8.39. The van der Waals surface area contributed by atoms with Gasteiger partial charge in [0.15, 0.2) is 0 Å². The highest BCUT2D eigenvalue weighted by atomic mass is 28.4. The number of hydrogen-bond donors (Lipinski definition) is 0. The Kier molecular flexibility index (Phi) is 6.99. The van der Waals surface area contributed by atoms with Crippen LogP contribution in [0.4, 0.5) is 0 Å². The van der Waals surface area contributed by atoms with Gasteiger partial charge in [-0.05, 0) is 40.3 Å². The zero-order valence-electron chi connectivity index (χ0n) is 11.5. The maximum Gasteiger partial charge on any atom is 0.335 e. The van der Waals surface area contributed by atoms with Gasteiger partial charge in [-0.3, -0.25) is 0 Å². The molecule has 4 heteroatoms. The molecule has 2 nitrogen and oxygen atoms in total. The van der Waals surface area contributed by atoms with Crippen molar-refractivity contribution in [3.05, 3.63) is 0 Å². The summed E-state index contributed by atoms with van der Waals surface area (Å²) in [5, 5.41) is 0. The Hall–Kier alpha value is 0.354. The topological polar surface area (TPSA) is 18.5 Å². The highest BCUT2D eigenvalue weighted by molar-refractivity contribution is 6.68. The largest absolute Gasteiger partial charge is 0.392 e. The van der Waals surface area contributed by atoms with Crippen LogP contribution in [0.5, 0.6) is 0 Å². The molecule has 0 rings (SSSR count). The van der Waals surface area contributed by atoms with Crippen LogP contribution in [0.3, 0.4) is 0 Å². The molecule has 0 unspecified atom stereocenters. The molecular formula is C11H28O2Si2. The summed E-state index contributed by atoms with van der Waals surface area (Å²) in [7, 11) is -2.39. The molecule has 0 aromatic heterocycles. The summed E-state index contributed by atoms with van der Waals surface area (Å²) in [5.41, 5.74) is 0. The highest BCUT2D eigenvalue weighted by Crippen LogP contribution is 2.21. The van der Waals surface area contributed by atoms with Crippen molar-refractivity contribution in [2.75, 3.05) is 0 Å². The molecule has 92 valence electrons. The van der Waals surface area contributed by atoms with Crippen molar-refractivity contribution in [3.8, 4) is 0 Å². The lowest BCUT2D eigenvalue weighted by Gasteiger charge is -2.31. The van der Waals surface area contributed by atoms with E-state index in [1.54, 1.807) is 0 Å². The van der Waals surface area contributed by atoms with Crippen LogP contribution in [-0.4, -0.2) is 29.6 Å². The summed E-state index contributed by atoms with van der Waals surface area (Å²) in [5.74, 6) is 0. The van der Waals surface area contributed by atoms with E-state index >= 15 is 0 Å². The summed E-state index contributed by atoms with van der Waals surface area (Å²) in [4.78, 5) is 0. The number of rotatable bonds is 7. The van der Waals surface area contributed by atoms with Crippen LogP contribution in [0.2, 0.25) is 31.7 Å². The molecule has 0 saturated carbocycles. The average Bonchev–Trinajstić information content (AvgIpc) is 1.97. The molecule has 0 radical (unpaired) electrons. The lowest BCUT2D eigenvalue weighted by Crippen LogP contribution is -2.43. The van der Waals surface area contributed by atoms with Gasteiger partial charge in [-0.1, -0.05) is 19.1 Å². The fraction of sp³-hybridized carbons (Fsp3) is 1.00. The van der Waals surface area contributed by atoms with Crippen molar-refractivity contribution in [1.29, 1.82) is 0 Å². The first-order valence-electron chi connectivity index (χ1n) is 6.11. The minimum absolute atomic E-state index is 0.286. The van der Waals surface area contributed by atoms with Gasteiger partial charge in [0.1, 0.15) is 0 Å². The van der Waals surface area contributed by atoms with Crippen LogP contribution in [0.25, 0.3) is 0 Å². The molecule has 15 heavy (non-hydrogen) atoms. The average molecular weight is 249 g/mol. The van der Waals surface area contributed by atoms with Crippen LogP contribution in [0, 0.1) is 0 Å². The summed E-state index contributed by atoms with van der Waals surface area (Å²) >= 11 is 0. The van der Waals surface area contributed by atoms with E-state index in [2.05, 4.69) is 47.3 Å². The minimum Gasteiger partial charge on any atom is -0.392 e. The van der Waals surface area contributed by atoms with Gasteiger partial charge in [0, 0.05) is 21.0 Å². The predicted octanol–water partition coefficient (Wildman–Crippen LogP) is 3.40. The summed E-state index contributed by atoms with van der Waals surface area (Å²) in [6.45, 7) is 15.4. The molecule has 0 fully saturated rings. The third-order valence-electron chi connectivity index (χ3n) is 2.15. The van der Waals surface area contributed by atoms with E-state index in [-0.39, 0.29) is 12.2 Å². The first-order chi connectivity index (χ1) is 6.75. The molecule has 0 heterocycles. The van der Waals surface area contributed by atoms with E-state index in [0.717, 1.165) is 6.04 Å². The van der Waals surface area contributed by atoms with Gasteiger partial charge in [-0.25, -0.2) is 0 Å². The quantitative estimate of drug-likeness (QED) is 0.643. The van der Waals surface area contributed by atoms with Gasteiger partial charge in [0.25, 0.3) is 0 Å². The minimum atomic E-state index is -1.90. The van der Waals surface area contributed by atoms with Crippen LogP contribution < -0.4 is 0 Å². The molecule has 0 aliphatic carbocycles. The van der Waals surface area contributed by atoms with Crippen molar-refractivity contribution < 1.29 is 8.85 Å². The van der Waals surface area contributed by atoms with Crippen LogP contribution in [-0.2, 0) is 8.85 Å². The molecule has 0 amide bonds. The van der Waals surface area contributed by atoms with E-state index in [0.29, 0.717) is 0 Å². The Morgan fingerprint density at radius 3 is 1.67 bits per heavy atom. The first-order valence-corrected chi connectivity index (χ1v) is 11.8. The zero-order valence-corrected chi connectivity index (χ0v) is 13.6. The lowest BCUT2D eigenvalue weighted by molar-refractivity contribution is 0.110. The normalized spacial score (nSPS) is 13.2. The third-order valence-corrected chi connectivity index (χ3v) is 7.30. The Bertz CT molecular complexity index is 160. The molecule has 0 aromatic carbocycles. The molecule has 0 spiro atoms. The van der Waals surface area contributed by atoms with Crippen LogP contribution in [0.1, 0.15) is 27.7 Å². The molecule has 0 aromatic rings. The number of hydrogen-bond acceptors (Lipinski definition) is 2. The maximum absolute atomic E-state index is 6.04. The molecule has 0 atom stereocenters. The van der Waals surface area contributed by atoms with Crippen molar-refractivity contribution in [1.82, 2.24) is 0 Å². The van der Waals surface area contributed by atoms with Gasteiger partial charge in [-0.15, -0.1) is 0 Å². The first kappa shape index (κ1) is 15.4. The van der Waals surface area contributed by atoms with Crippen LogP contribution >= 0.6 is 0 Å². The van der Waals surface area contributed by atoms with E-state index < -0.39 is 17.4 Å². The fourth-order valence-electron chi connectivity index (χ4n) is 1.69. The third kappa shape index (κ3) is 8.19. The van der Waals surface area contributed by atoms with Crippen LogP contribution in [0.15, 0.2) is 0 Å². The SMILES string of the molecule is CC(C)O[Si](C)(CC[SiH](C)C)OC(C)C. The molecule has 0 N–H and O–H groups in total. The standard InChI is InChI=1S/C11H28O2Si2/c1-10(2)12-15(7,13-11(3)4)9-8-14(5)6/h10-11,14H,8-9H2,1-7H3. The van der Waals surface area contributed by atoms with E-state index in [1.807, 2.05) is 0 Å². The van der Waals surface area contributed by atoms with E-state index in [1.165, 1.54) is 6.04 Å². The van der Waals surface area contributed by atoms with Gasteiger partial charge in [0.2, 0.25) is 0 Å². The molecular weight excluding hydrogens is 220 g/mol. The Morgan fingerprint density at radius 1 is 1.00 bits per heavy atom. The Balaban J connectivity index is 4.26. The van der Waals surface area contributed by atoms with E-state index in [4.69, 9.17) is 8.85 Å². The van der Waals surface area contributed by atoms with Crippen molar-refractivity contribution in [2.45, 2.75) is 71.6 Å². The summed E-state index contributed by atoms with van der Waals surface area (Å²) < 4.78 is 12.1. The summed E-state index contributed by atoms with van der Waals surface area (Å²) in [6.07, 6.45) is 0.573. The monoisotopic (exact) mass is 248 g/mol. The van der Waals surface area contributed by atoms with Gasteiger partial charge >= 0.3 is 8.56 Å². The van der Waals surface area contributed by atoms with Crippen molar-refractivity contribution in [3.63, 3.8) is 0 Å². The van der Waals surface area contributed by atoms with E-state index in [9.17, 15) is 0 Å². The maximum atomic E-state index is 6.04. The van der Waals surface area contributed by atoms with Gasteiger partial charge in [-0.2, -0.15) is 0 Å². The lowest BCUT2D eigenvalue weighted by atomic mass is 10.5. The molecule has 0 bridgehead atoms. The second-order valence-electron chi connectivity index (χ2n) is 5.40. The second kappa shape index (κ2) is 6.83. The highest BCUT2D eigenvalue weighted by Gasteiger charge is 2.33. The smallest absolute Gasteiger partial charge is 0.335 e. The predicted molar refractivity (Wildman–Crippen MR) is 72.6 cm³/mol. The van der Waals surface area contributed by atoms with Gasteiger partial charge < -0.3 is 8.85 Å². The van der Waals surface area contributed by atoms with Gasteiger partial charge in [0.05, 0.1) is 0 Å². The van der Waals surface area contributed by atoms with Crippen molar-refractivity contribution >= 4 is 17.4 Å². The summed E-state index contributed by atoms with van der Waals surface area (Å²) in [6, 6.07) is 2.50. The Labute approximate surface area is 98.2 Å².